The van der Waals surface area contributed by atoms with E-state index in [4.69, 9.17) is 17.2 Å². The molecule has 0 radical (unpaired) electrons. The van der Waals surface area contributed by atoms with Gasteiger partial charge in [-0.15, -0.1) is 0 Å². The third kappa shape index (κ3) is 4.54. The van der Waals surface area contributed by atoms with E-state index in [1.165, 1.54) is 49.7 Å². The molecule has 0 aromatic heterocycles. The molecule has 0 heterocycles. The molecule has 0 saturated heterocycles. The van der Waals surface area contributed by atoms with Crippen molar-refractivity contribution < 1.29 is 15.3 Å². The summed E-state index contributed by atoms with van der Waals surface area (Å²) in [5.74, 6) is -0.483. The van der Waals surface area contributed by atoms with Crippen molar-refractivity contribution in [3.8, 4) is 0 Å². The summed E-state index contributed by atoms with van der Waals surface area (Å²) in [6.07, 6.45) is 14.6. The van der Waals surface area contributed by atoms with Crippen molar-refractivity contribution in [1.29, 1.82) is 0 Å². The van der Waals surface area contributed by atoms with Gasteiger partial charge in [-0.3, -0.25) is 0 Å². The molecule has 0 nitrogen and oxygen atoms in total. The van der Waals surface area contributed by atoms with Gasteiger partial charge in [-0.2, -0.15) is 0 Å². The number of allylic oxidation sites excluding steroid dienone is 8. The van der Waals surface area contributed by atoms with E-state index in [1.807, 2.05) is 0 Å². The molecule has 0 saturated carbocycles. The molecule has 4 aliphatic carbocycles. The Bertz CT molecular complexity index is 1300. The van der Waals surface area contributed by atoms with Gasteiger partial charge < -0.3 is 0 Å². The summed E-state index contributed by atoms with van der Waals surface area (Å²) in [6.45, 7) is 9.73. The Morgan fingerprint density at radius 2 is 1.07 bits per heavy atom. The Kier molecular flexibility index (Phi) is 8.23. The van der Waals surface area contributed by atoms with Crippen molar-refractivity contribution in [2.75, 3.05) is 0 Å². The summed E-state index contributed by atoms with van der Waals surface area (Å²) in [6, 6.07) is 22.4. The van der Waals surface area contributed by atoms with Crippen molar-refractivity contribution in [3.63, 3.8) is 0 Å². The molecule has 4 heteroatoms. The van der Waals surface area contributed by atoms with Crippen LogP contribution in [-0.4, -0.2) is 5.98 Å². The summed E-state index contributed by atoms with van der Waals surface area (Å²) < 4.78 is 0.643. The average molecular weight is 755 g/mol. The first-order chi connectivity index (χ1) is 19.3. The fourth-order valence-electron chi connectivity index (χ4n) is 8.95. The van der Waals surface area contributed by atoms with Crippen LogP contribution in [0.3, 0.4) is 0 Å². The van der Waals surface area contributed by atoms with Crippen molar-refractivity contribution in [1.82, 2.24) is 0 Å². The minimum absolute atomic E-state index is 0.322. The van der Waals surface area contributed by atoms with E-state index < -0.39 is 21.3 Å². The Morgan fingerprint density at radius 3 is 1.43 bits per heavy atom. The second kappa shape index (κ2) is 11.3. The van der Waals surface area contributed by atoms with Crippen molar-refractivity contribution >= 4 is 23.1 Å². The zero-order chi connectivity index (χ0) is 28.1. The van der Waals surface area contributed by atoms with Gasteiger partial charge in [0.1, 0.15) is 0 Å². The van der Waals surface area contributed by atoms with Crippen LogP contribution in [0.15, 0.2) is 106 Å². The molecule has 2 aromatic rings. The van der Waals surface area contributed by atoms with E-state index in [9.17, 15) is 0 Å². The van der Waals surface area contributed by atoms with Crippen molar-refractivity contribution in [2.24, 2.45) is 0 Å². The van der Waals surface area contributed by atoms with E-state index in [0.29, 0.717) is 19.2 Å². The molecular formula is C36H45Cl2HfSi. The molecule has 4 aliphatic rings. The first kappa shape index (κ1) is 29.2. The average Bonchev–Trinajstić information content (AvgIpc) is 3.57. The fraction of sp³-hybridized carbons (Fsp3) is 0.444. The fourth-order valence-corrected chi connectivity index (χ4v) is 55.7. The van der Waals surface area contributed by atoms with E-state index in [0.717, 1.165) is 12.8 Å². The van der Waals surface area contributed by atoms with Gasteiger partial charge >= 0.3 is 253 Å². The molecule has 0 spiro atoms. The molecule has 4 atom stereocenters. The number of hydrogen-bond donors (Lipinski definition) is 0. The summed E-state index contributed by atoms with van der Waals surface area (Å²) >= 11 is -4.70. The van der Waals surface area contributed by atoms with Crippen LogP contribution in [0.5, 0.6) is 0 Å². The minimum atomic E-state index is -4.70. The molecule has 2 aromatic carbocycles. The summed E-state index contributed by atoms with van der Waals surface area (Å²) in [4.78, 5) is 0. The van der Waals surface area contributed by atoms with E-state index in [-0.39, 0.29) is 0 Å². The molecule has 4 unspecified atom stereocenters. The standard InChI is InChI=1S/2C17H19.C2H7Si.2ClH.Hf/c2*1-2-13-11-15-9-6-10-16(17(15)12-13)14-7-4-3-5-8-14;1-3-2;;;/h2*3-5,7-8,11-12,16H,2,6,9-10H2,1H3;3H,1-2H3;2*1H;/q;;;;;+2/p-2. The predicted molar refractivity (Wildman–Crippen MR) is 175 cm³/mol. The first-order valence-electron chi connectivity index (χ1n) is 15.8. The normalized spacial score (nSPS) is 27.7. The topological polar surface area (TPSA) is 0 Å². The molecule has 0 bridgehead atoms. The number of hydrogen-bond acceptors (Lipinski definition) is 0. The third-order valence-electron chi connectivity index (χ3n) is 10.9. The van der Waals surface area contributed by atoms with Gasteiger partial charge in [-0.25, -0.2) is 0 Å². The van der Waals surface area contributed by atoms with Crippen LogP contribution in [0.1, 0.15) is 88.2 Å². The van der Waals surface area contributed by atoms with Crippen LogP contribution in [0, 0.1) is 0 Å². The van der Waals surface area contributed by atoms with E-state index >= 15 is 0 Å². The van der Waals surface area contributed by atoms with Crippen LogP contribution in [-0.2, 0) is 15.3 Å². The summed E-state index contributed by atoms with van der Waals surface area (Å²) in [7, 11) is 17.2. The maximum absolute atomic E-state index is 8.61. The Balaban J connectivity index is 1.52. The van der Waals surface area contributed by atoms with Gasteiger partial charge in [0, 0.05) is 0 Å². The van der Waals surface area contributed by atoms with Crippen LogP contribution < -0.4 is 0 Å². The molecule has 211 valence electrons. The van der Waals surface area contributed by atoms with E-state index in [1.54, 1.807) is 33.4 Å². The van der Waals surface area contributed by atoms with Crippen molar-refractivity contribution in [2.45, 2.75) is 97.5 Å². The van der Waals surface area contributed by atoms with E-state index in [2.05, 4.69) is 99.8 Å². The van der Waals surface area contributed by atoms with Crippen LogP contribution in [0.25, 0.3) is 0 Å². The number of halogens is 2. The molecule has 40 heavy (non-hydrogen) atoms. The van der Waals surface area contributed by atoms with Gasteiger partial charge in [-0.05, 0) is 0 Å². The summed E-state index contributed by atoms with van der Waals surface area (Å²) in [5, 5.41) is 0. The molecule has 0 amide bonds. The SMILES string of the molecule is CCC1=CC2=C(CCCC2c2ccccc2)[CH]1[Hf]([Cl])([Cl])([CH]1C(CC)=CC2=C1CCCC2c1ccccc1)[SiH](C)C. The second-order valence-corrected chi connectivity index (χ2v) is 72.3. The Hall–Kier alpha value is -0.933. The second-order valence-electron chi connectivity index (χ2n) is 13.1. The Labute approximate surface area is 251 Å². The third-order valence-corrected chi connectivity index (χ3v) is 84.0. The van der Waals surface area contributed by atoms with Gasteiger partial charge in [0.15, 0.2) is 0 Å². The summed E-state index contributed by atoms with van der Waals surface area (Å²) in [5.41, 5.74) is 12.5. The zero-order valence-corrected chi connectivity index (χ0v) is 31.0. The quantitative estimate of drug-likeness (QED) is 0.247. The van der Waals surface area contributed by atoms with Crippen LogP contribution in [0.2, 0.25) is 20.4 Å². The van der Waals surface area contributed by atoms with Crippen molar-refractivity contribution in [3.05, 3.63) is 117 Å². The first-order valence-corrected chi connectivity index (χ1v) is 38.0. The number of rotatable bonds is 7. The molecule has 6 rings (SSSR count). The number of benzene rings is 2. The molecule has 0 aliphatic heterocycles. The maximum atomic E-state index is 8.61. The predicted octanol–water partition coefficient (Wildman–Crippen LogP) is 11.8. The van der Waals surface area contributed by atoms with Gasteiger partial charge in [-0.1, -0.05) is 0 Å². The van der Waals surface area contributed by atoms with Crippen LogP contribution >= 0.6 is 17.2 Å². The van der Waals surface area contributed by atoms with Gasteiger partial charge in [0.2, 0.25) is 0 Å². The monoisotopic (exact) mass is 755 g/mol. The molecular weight excluding hydrogens is 710 g/mol. The van der Waals surface area contributed by atoms with Crippen LogP contribution in [0.4, 0.5) is 0 Å². The zero-order valence-electron chi connectivity index (χ0n) is 24.7. The molecule has 0 N–H and O–H groups in total. The molecule has 0 fully saturated rings. The van der Waals surface area contributed by atoms with Gasteiger partial charge in [0.05, 0.1) is 0 Å². The van der Waals surface area contributed by atoms with Gasteiger partial charge in [0.25, 0.3) is 0 Å². The Morgan fingerprint density at radius 1 is 0.675 bits per heavy atom.